The second kappa shape index (κ2) is 5.07. The van der Waals surface area contributed by atoms with Gasteiger partial charge in [0.25, 0.3) is 10.0 Å². The highest BCUT2D eigenvalue weighted by Crippen LogP contribution is 2.36. The standard InChI is InChI=1S/C16H17NO3S/c1-12-7-3-6-10-16(12)21(18,19)17-11-13(2)20-15-9-5-4-8-14(15)17/h3-10,13H,11H2,1-2H3. The molecule has 2 aromatic rings. The fourth-order valence-electron chi connectivity index (χ4n) is 2.54. The number of anilines is 1. The topological polar surface area (TPSA) is 46.6 Å². The highest BCUT2D eigenvalue weighted by Gasteiger charge is 2.33. The first-order valence-electron chi connectivity index (χ1n) is 6.84. The summed E-state index contributed by atoms with van der Waals surface area (Å²) in [4.78, 5) is 0.342. The number of para-hydroxylation sites is 2. The number of hydrogen-bond donors (Lipinski definition) is 0. The van der Waals surface area contributed by atoms with Gasteiger partial charge < -0.3 is 4.74 Å². The predicted octanol–water partition coefficient (Wildman–Crippen LogP) is 2.97. The Kier molecular flexibility index (Phi) is 3.37. The summed E-state index contributed by atoms with van der Waals surface area (Å²) in [5.41, 5.74) is 1.34. The Balaban J connectivity index is 2.14. The molecule has 0 saturated carbocycles. The van der Waals surface area contributed by atoms with Gasteiger partial charge in [-0.25, -0.2) is 8.42 Å². The normalized spacial score (nSPS) is 18.0. The average Bonchev–Trinajstić information content (AvgIpc) is 2.46. The van der Waals surface area contributed by atoms with Crippen molar-refractivity contribution in [2.24, 2.45) is 0 Å². The third-order valence-corrected chi connectivity index (χ3v) is 5.49. The first-order chi connectivity index (χ1) is 10.00. The van der Waals surface area contributed by atoms with Gasteiger partial charge in [-0.1, -0.05) is 30.3 Å². The Bertz CT molecular complexity index is 771. The van der Waals surface area contributed by atoms with Crippen LogP contribution in [0.5, 0.6) is 5.75 Å². The van der Waals surface area contributed by atoms with E-state index in [1.54, 1.807) is 24.3 Å². The fraction of sp³-hybridized carbons (Fsp3) is 0.250. The van der Waals surface area contributed by atoms with Crippen LogP contribution in [0.2, 0.25) is 0 Å². The largest absolute Gasteiger partial charge is 0.487 e. The van der Waals surface area contributed by atoms with Gasteiger partial charge >= 0.3 is 0 Å². The first-order valence-corrected chi connectivity index (χ1v) is 8.28. The predicted molar refractivity (Wildman–Crippen MR) is 82.2 cm³/mol. The zero-order chi connectivity index (χ0) is 15.0. The van der Waals surface area contributed by atoms with Crippen molar-refractivity contribution in [2.75, 3.05) is 10.8 Å². The molecule has 0 aliphatic carbocycles. The molecular formula is C16H17NO3S. The maximum absolute atomic E-state index is 13.0. The lowest BCUT2D eigenvalue weighted by atomic mass is 10.2. The second-order valence-corrected chi connectivity index (χ2v) is 7.03. The summed E-state index contributed by atoms with van der Waals surface area (Å²) in [6.07, 6.45) is -0.182. The summed E-state index contributed by atoms with van der Waals surface area (Å²) in [7, 11) is -3.59. The van der Waals surface area contributed by atoms with Gasteiger partial charge in [0.15, 0.2) is 0 Å². The quantitative estimate of drug-likeness (QED) is 0.857. The molecule has 1 aliphatic heterocycles. The molecule has 1 aliphatic rings. The summed E-state index contributed by atoms with van der Waals surface area (Å²) in [6, 6.07) is 14.3. The van der Waals surface area contributed by atoms with Gasteiger partial charge in [0.05, 0.1) is 17.1 Å². The van der Waals surface area contributed by atoms with Gasteiger partial charge in [-0.05, 0) is 37.6 Å². The van der Waals surface area contributed by atoms with Crippen molar-refractivity contribution in [1.82, 2.24) is 0 Å². The molecule has 0 aromatic heterocycles. The third kappa shape index (κ3) is 2.38. The molecule has 2 aromatic carbocycles. The molecule has 21 heavy (non-hydrogen) atoms. The number of rotatable bonds is 2. The number of aryl methyl sites for hydroxylation is 1. The van der Waals surface area contributed by atoms with E-state index in [9.17, 15) is 8.42 Å². The third-order valence-electron chi connectivity index (χ3n) is 3.55. The first kappa shape index (κ1) is 13.9. The minimum absolute atomic E-state index is 0.182. The molecule has 5 heteroatoms. The van der Waals surface area contributed by atoms with Crippen LogP contribution in [0.4, 0.5) is 5.69 Å². The Morgan fingerprint density at radius 3 is 2.52 bits per heavy atom. The van der Waals surface area contributed by atoms with Crippen LogP contribution in [-0.4, -0.2) is 21.1 Å². The van der Waals surface area contributed by atoms with E-state index in [0.717, 1.165) is 5.56 Å². The molecule has 4 nitrogen and oxygen atoms in total. The molecule has 0 amide bonds. The molecule has 1 unspecified atom stereocenters. The van der Waals surface area contributed by atoms with E-state index >= 15 is 0 Å². The number of nitrogens with zero attached hydrogens (tertiary/aromatic N) is 1. The SMILES string of the molecule is Cc1ccccc1S(=O)(=O)N1CC(C)Oc2ccccc21. The smallest absolute Gasteiger partial charge is 0.264 e. The molecule has 3 rings (SSSR count). The van der Waals surface area contributed by atoms with Crippen LogP contribution in [0.15, 0.2) is 53.4 Å². The molecule has 0 bridgehead atoms. The maximum atomic E-state index is 13.0. The van der Waals surface area contributed by atoms with E-state index in [1.807, 2.05) is 38.1 Å². The maximum Gasteiger partial charge on any atom is 0.264 e. The van der Waals surface area contributed by atoms with Crippen LogP contribution < -0.4 is 9.04 Å². The van der Waals surface area contributed by atoms with Crippen molar-refractivity contribution in [3.8, 4) is 5.75 Å². The van der Waals surface area contributed by atoms with Gasteiger partial charge in [0, 0.05) is 0 Å². The van der Waals surface area contributed by atoms with Gasteiger partial charge in [-0.3, -0.25) is 4.31 Å². The Hall–Kier alpha value is -2.01. The number of hydrogen-bond acceptors (Lipinski definition) is 3. The van der Waals surface area contributed by atoms with E-state index < -0.39 is 10.0 Å². The lowest BCUT2D eigenvalue weighted by Gasteiger charge is -2.34. The van der Waals surface area contributed by atoms with Crippen LogP contribution in [0, 0.1) is 6.92 Å². The Morgan fingerprint density at radius 1 is 1.10 bits per heavy atom. The average molecular weight is 303 g/mol. The zero-order valence-corrected chi connectivity index (χ0v) is 12.8. The van der Waals surface area contributed by atoms with Crippen molar-refractivity contribution >= 4 is 15.7 Å². The summed E-state index contributed by atoms with van der Waals surface area (Å²) in [5, 5.41) is 0. The highest BCUT2D eigenvalue weighted by molar-refractivity contribution is 7.92. The number of sulfonamides is 1. The van der Waals surface area contributed by atoms with Gasteiger partial charge in [0.2, 0.25) is 0 Å². The van der Waals surface area contributed by atoms with Crippen molar-refractivity contribution in [3.63, 3.8) is 0 Å². The van der Waals surface area contributed by atoms with Crippen LogP contribution >= 0.6 is 0 Å². The number of fused-ring (bicyclic) bond motifs is 1. The van der Waals surface area contributed by atoms with Crippen molar-refractivity contribution in [3.05, 3.63) is 54.1 Å². The second-order valence-electron chi connectivity index (χ2n) is 5.20. The number of ether oxygens (including phenoxy) is 1. The molecule has 0 radical (unpaired) electrons. The molecule has 0 N–H and O–H groups in total. The Morgan fingerprint density at radius 2 is 1.76 bits per heavy atom. The lowest BCUT2D eigenvalue weighted by Crippen LogP contribution is -2.42. The van der Waals surface area contributed by atoms with Gasteiger partial charge in [0.1, 0.15) is 11.9 Å². The summed E-state index contributed by atoms with van der Waals surface area (Å²) in [5.74, 6) is 0.605. The minimum atomic E-state index is -3.59. The lowest BCUT2D eigenvalue weighted by molar-refractivity contribution is 0.219. The summed E-state index contributed by atoms with van der Waals surface area (Å²) >= 11 is 0. The van der Waals surface area contributed by atoms with Crippen LogP contribution in [0.25, 0.3) is 0 Å². The molecule has 110 valence electrons. The van der Waals surface area contributed by atoms with Crippen molar-refractivity contribution in [1.29, 1.82) is 0 Å². The van der Waals surface area contributed by atoms with Gasteiger partial charge in [-0.15, -0.1) is 0 Å². The van der Waals surface area contributed by atoms with Crippen LogP contribution in [-0.2, 0) is 10.0 Å². The minimum Gasteiger partial charge on any atom is -0.487 e. The zero-order valence-electron chi connectivity index (χ0n) is 12.0. The van der Waals surface area contributed by atoms with Crippen molar-refractivity contribution in [2.45, 2.75) is 24.8 Å². The monoisotopic (exact) mass is 303 g/mol. The van der Waals surface area contributed by atoms with Crippen LogP contribution in [0.3, 0.4) is 0 Å². The fourth-order valence-corrected chi connectivity index (χ4v) is 4.32. The van der Waals surface area contributed by atoms with E-state index in [-0.39, 0.29) is 6.10 Å². The molecule has 0 spiro atoms. The molecule has 1 heterocycles. The van der Waals surface area contributed by atoms with Crippen molar-refractivity contribution < 1.29 is 13.2 Å². The molecular weight excluding hydrogens is 286 g/mol. The van der Waals surface area contributed by atoms with E-state index in [4.69, 9.17) is 4.74 Å². The highest BCUT2D eigenvalue weighted by atomic mass is 32.2. The van der Waals surface area contributed by atoms with Crippen LogP contribution in [0.1, 0.15) is 12.5 Å². The summed E-state index contributed by atoms with van der Waals surface area (Å²) < 4.78 is 33.1. The van der Waals surface area contributed by atoms with E-state index in [1.165, 1.54) is 4.31 Å². The van der Waals surface area contributed by atoms with Gasteiger partial charge in [-0.2, -0.15) is 0 Å². The van der Waals surface area contributed by atoms with E-state index in [2.05, 4.69) is 0 Å². The Labute approximate surface area is 125 Å². The van der Waals surface area contributed by atoms with E-state index in [0.29, 0.717) is 22.9 Å². The molecule has 1 atom stereocenters. The molecule has 0 saturated heterocycles. The number of benzene rings is 2. The summed E-state index contributed by atoms with van der Waals surface area (Å²) in [6.45, 7) is 3.99. The molecule has 0 fully saturated rings.